The van der Waals surface area contributed by atoms with Crippen LogP contribution in [0, 0.1) is 5.82 Å². The third-order valence-corrected chi connectivity index (χ3v) is 2.68. The molecule has 0 N–H and O–H groups in total. The molecule has 0 saturated carbocycles. The second kappa shape index (κ2) is 6.65. The van der Waals surface area contributed by atoms with Gasteiger partial charge in [0.2, 0.25) is 0 Å². The van der Waals surface area contributed by atoms with Gasteiger partial charge >= 0.3 is 6.18 Å². The monoisotopic (exact) mass is 277 g/mol. The lowest BCUT2D eigenvalue weighted by atomic mass is 10.1. The summed E-state index contributed by atoms with van der Waals surface area (Å²) in [5.74, 6) is -1.13. The van der Waals surface area contributed by atoms with Crippen molar-refractivity contribution in [2.45, 2.75) is 19.5 Å². The van der Waals surface area contributed by atoms with E-state index in [0.29, 0.717) is 0 Å². The van der Waals surface area contributed by atoms with E-state index in [2.05, 4.69) is 0 Å². The maximum atomic E-state index is 13.3. The van der Waals surface area contributed by atoms with Crippen LogP contribution in [0.4, 0.5) is 17.6 Å². The van der Waals surface area contributed by atoms with E-state index in [1.807, 2.05) is 0 Å². The lowest BCUT2D eigenvalue weighted by Crippen LogP contribution is -2.35. The molecule has 0 saturated heterocycles. The molecule has 0 heterocycles. The van der Waals surface area contributed by atoms with E-state index in [1.54, 1.807) is 6.92 Å². The molecule has 0 amide bonds. The lowest BCUT2D eigenvalue weighted by Gasteiger charge is -2.21. The molecule has 2 nitrogen and oxygen atoms in total. The molecule has 1 aromatic carbocycles. The van der Waals surface area contributed by atoms with Crippen LogP contribution in [-0.4, -0.2) is 36.5 Å². The van der Waals surface area contributed by atoms with Gasteiger partial charge in [0.05, 0.1) is 12.1 Å². The Hall–Kier alpha value is -1.43. The Kier molecular flexibility index (Phi) is 5.47. The number of nitrogens with zero attached hydrogens (tertiary/aromatic N) is 1. The van der Waals surface area contributed by atoms with Crippen LogP contribution in [0.25, 0.3) is 0 Å². The molecule has 1 rings (SSSR count). The van der Waals surface area contributed by atoms with Crippen molar-refractivity contribution < 1.29 is 22.4 Å². The van der Waals surface area contributed by atoms with E-state index in [1.165, 1.54) is 18.2 Å². The highest BCUT2D eigenvalue weighted by Crippen LogP contribution is 2.17. The molecule has 0 bridgehead atoms. The molecule has 0 aromatic heterocycles. The number of benzene rings is 1. The van der Waals surface area contributed by atoms with E-state index in [-0.39, 0.29) is 25.1 Å². The Morgan fingerprint density at radius 2 is 1.89 bits per heavy atom. The fraction of sp³-hybridized carbons (Fsp3) is 0.462. The molecule has 0 radical (unpaired) electrons. The Morgan fingerprint density at radius 3 is 2.42 bits per heavy atom. The second-order valence-electron chi connectivity index (χ2n) is 4.14. The van der Waals surface area contributed by atoms with E-state index < -0.39 is 24.3 Å². The molecule has 0 fully saturated rings. The minimum absolute atomic E-state index is 0.0385. The average Bonchev–Trinajstić information content (AvgIpc) is 2.33. The molecule has 6 heteroatoms. The van der Waals surface area contributed by atoms with Crippen molar-refractivity contribution in [2.24, 2.45) is 0 Å². The molecule has 0 unspecified atom stereocenters. The number of Topliss-reactive ketones (excluding diaryl/α,β-unsaturated/α-hetero) is 1. The molecule has 0 spiro atoms. The van der Waals surface area contributed by atoms with Crippen molar-refractivity contribution in [3.8, 4) is 0 Å². The van der Waals surface area contributed by atoms with Crippen molar-refractivity contribution in [2.75, 3.05) is 19.6 Å². The predicted octanol–water partition coefficient (Wildman–Crippen LogP) is 3.28. The maximum absolute atomic E-state index is 13.3. The summed E-state index contributed by atoms with van der Waals surface area (Å²) in [6, 6.07) is 5.45. The minimum Gasteiger partial charge on any atom is -0.295 e. The molecule has 0 aliphatic rings. The summed E-state index contributed by atoms with van der Waals surface area (Å²) >= 11 is 0. The molecule has 0 atom stereocenters. The summed E-state index contributed by atoms with van der Waals surface area (Å²) < 4.78 is 50.0. The van der Waals surface area contributed by atoms with E-state index in [9.17, 15) is 22.4 Å². The van der Waals surface area contributed by atoms with Crippen LogP contribution in [0.2, 0.25) is 0 Å². The van der Waals surface area contributed by atoms with Gasteiger partial charge in [-0.1, -0.05) is 19.1 Å². The average molecular weight is 277 g/mol. The first-order chi connectivity index (χ1) is 8.83. The van der Waals surface area contributed by atoms with Gasteiger partial charge in [0.15, 0.2) is 5.78 Å². The van der Waals surface area contributed by atoms with Crippen LogP contribution in [0.15, 0.2) is 24.3 Å². The van der Waals surface area contributed by atoms with Gasteiger partial charge in [-0.15, -0.1) is 0 Å². The lowest BCUT2D eigenvalue weighted by molar-refractivity contribution is -0.145. The SMILES string of the molecule is CCN(CCC(=O)c1ccccc1F)CC(F)(F)F. The van der Waals surface area contributed by atoms with Crippen LogP contribution < -0.4 is 0 Å². The number of hydrogen-bond acceptors (Lipinski definition) is 2. The van der Waals surface area contributed by atoms with Crippen LogP contribution in [-0.2, 0) is 0 Å². The number of carbonyl (C=O) groups excluding carboxylic acids is 1. The van der Waals surface area contributed by atoms with E-state index in [0.717, 1.165) is 11.0 Å². The topological polar surface area (TPSA) is 20.3 Å². The fourth-order valence-corrected chi connectivity index (χ4v) is 1.68. The summed E-state index contributed by atoms with van der Waals surface area (Å²) in [5.41, 5.74) is -0.0782. The Labute approximate surface area is 109 Å². The summed E-state index contributed by atoms with van der Waals surface area (Å²) in [4.78, 5) is 12.8. The van der Waals surface area contributed by atoms with E-state index >= 15 is 0 Å². The fourth-order valence-electron chi connectivity index (χ4n) is 1.68. The zero-order chi connectivity index (χ0) is 14.5. The first-order valence-electron chi connectivity index (χ1n) is 5.90. The largest absolute Gasteiger partial charge is 0.401 e. The third kappa shape index (κ3) is 5.38. The summed E-state index contributed by atoms with van der Waals surface area (Å²) in [6.07, 6.45) is -4.43. The highest BCUT2D eigenvalue weighted by Gasteiger charge is 2.30. The number of alkyl halides is 3. The van der Waals surface area contributed by atoms with Gasteiger partial charge < -0.3 is 0 Å². The van der Waals surface area contributed by atoms with Gasteiger partial charge in [0.1, 0.15) is 5.82 Å². The second-order valence-corrected chi connectivity index (χ2v) is 4.14. The minimum atomic E-state index is -4.29. The smallest absolute Gasteiger partial charge is 0.295 e. The van der Waals surface area contributed by atoms with Crippen LogP contribution >= 0.6 is 0 Å². The highest BCUT2D eigenvalue weighted by atomic mass is 19.4. The predicted molar refractivity (Wildman–Crippen MR) is 63.5 cm³/mol. The van der Waals surface area contributed by atoms with E-state index in [4.69, 9.17) is 0 Å². The molecule has 0 aliphatic carbocycles. The number of ketones is 1. The quantitative estimate of drug-likeness (QED) is 0.587. The Morgan fingerprint density at radius 1 is 1.26 bits per heavy atom. The molecule has 1 aromatic rings. The van der Waals surface area contributed by atoms with Gasteiger partial charge in [-0.25, -0.2) is 4.39 Å². The zero-order valence-corrected chi connectivity index (χ0v) is 10.5. The van der Waals surface area contributed by atoms with Crippen LogP contribution in [0.5, 0.6) is 0 Å². The zero-order valence-electron chi connectivity index (χ0n) is 10.5. The number of halogens is 4. The summed E-state index contributed by atoms with van der Waals surface area (Å²) in [6.45, 7) is 0.667. The van der Waals surface area contributed by atoms with Gasteiger partial charge in [0.25, 0.3) is 0 Å². The standard InChI is InChI=1S/C13H15F4NO/c1-2-18(9-13(15,16)17)8-7-12(19)10-5-3-4-6-11(10)14/h3-6H,2,7-9H2,1H3. The maximum Gasteiger partial charge on any atom is 0.401 e. The first-order valence-corrected chi connectivity index (χ1v) is 5.90. The van der Waals surface area contributed by atoms with Crippen molar-refractivity contribution in [1.29, 1.82) is 0 Å². The molecular formula is C13H15F4NO. The Balaban J connectivity index is 2.56. The highest BCUT2D eigenvalue weighted by molar-refractivity contribution is 5.96. The van der Waals surface area contributed by atoms with Crippen LogP contribution in [0.3, 0.4) is 0 Å². The summed E-state index contributed by atoms with van der Waals surface area (Å²) in [5, 5.41) is 0. The Bertz CT molecular complexity index is 431. The molecule has 0 aliphatic heterocycles. The van der Waals surface area contributed by atoms with Gasteiger partial charge in [-0.3, -0.25) is 9.69 Å². The van der Waals surface area contributed by atoms with Crippen molar-refractivity contribution in [3.63, 3.8) is 0 Å². The number of rotatable bonds is 6. The van der Waals surface area contributed by atoms with Gasteiger partial charge in [0, 0.05) is 13.0 Å². The normalized spacial score (nSPS) is 11.9. The van der Waals surface area contributed by atoms with Crippen molar-refractivity contribution >= 4 is 5.78 Å². The molecule has 106 valence electrons. The molecular weight excluding hydrogens is 262 g/mol. The third-order valence-electron chi connectivity index (χ3n) is 2.68. The first kappa shape index (κ1) is 15.6. The van der Waals surface area contributed by atoms with Crippen molar-refractivity contribution in [1.82, 2.24) is 4.90 Å². The van der Waals surface area contributed by atoms with Crippen LogP contribution in [0.1, 0.15) is 23.7 Å². The number of hydrogen-bond donors (Lipinski definition) is 0. The van der Waals surface area contributed by atoms with Gasteiger partial charge in [-0.2, -0.15) is 13.2 Å². The van der Waals surface area contributed by atoms with Gasteiger partial charge in [-0.05, 0) is 18.7 Å². The summed E-state index contributed by atoms with van der Waals surface area (Å²) in [7, 11) is 0. The number of carbonyl (C=O) groups is 1. The molecule has 19 heavy (non-hydrogen) atoms. The van der Waals surface area contributed by atoms with Crippen molar-refractivity contribution in [3.05, 3.63) is 35.6 Å².